The van der Waals surface area contributed by atoms with Gasteiger partial charge in [-0.25, -0.2) is 0 Å². The molecule has 0 unspecified atom stereocenters. The molecule has 0 fully saturated rings. The number of para-hydroxylation sites is 1. The molecule has 92 valence electrons. The minimum Gasteiger partial charge on any atom is -0.300 e. The third-order valence-electron chi connectivity index (χ3n) is 2.24. The van der Waals surface area contributed by atoms with Gasteiger partial charge in [0, 0.05) is 12.5 Å². The van der Waals surface area contributed by atoms with E-state index in [4.69, 9.17) is 0 Å². The summed E-state index contributed by atoms with van der Waals surface area (Å²) in [5.74, 6) is 0.999. The smallest absolute Gasteiger partial charge is 0.282 e. The van der Waals surface area contributed by atoms with Crippen LogP contribution in [0.5, 0.6) is 0 Å². The highest BCUT2D eigenvalue weighted by Gasteiger charge is 2.11. The fourth-order valence-electron chi connectivity index (χ4n) is 1.39. The van der Waals surface area contributed by atoms with Crippen molar-refractivity contribution in [3.05, 3.63) is 34.4 Å². The minimum absolute atomic E-state index is 0.157. The van der Waals surface area contributed by atoms with Crippen LogP contribution < -0.4 is 0 Å². The van der Waals surface area contributed by atoms with Gasteiger partial charge in [0.05, 0.1) is 9.82 Å². The van der Waals surface area contributed by atoms with Crippen molar-refractivity contribution in [1.29, 1.82) is 0 Å². The number of hydrogen-bond donors (Lipinski definition) is 0. The Balaban J connectivity index is 2.41. The van der Waals surface area contributed by atoms with E-state index in [0.717, 1.165) is 18.6 Å². The van der Waals surface area contributed by atoms with Gasteiger partial charge in [0.1, 0.15) is 5.78 Å². The maximum atomic E-state index is 10.7. The molecule has 0 saturated carbocycles. The number of benzene rings is 1. The van der Waals surface area contributed by atoms with Gasteiger partial charge in [0.15, 0.2) is 0 Å². The lowest BCUT2D eigenvalue weighted by atomic mass is 10.2. The number of carbonyl (C=O) groups is 1. The number of hydrogen-bond acceptors (Lipinski definition) is 4. The molecule has 0 saturated heterocycles. The average molecular weight is 253 g/mol. The topological polar surface area (TPSA) is 60.2 Å². The number of nitro benzene ring substituents is 1. The number of carbonyl (C=O) groups excluding carboxylic acids is 1. The lowest BCUT2D eigenvalue weighted by molar-refractivity contribution is -0.387. The Morgan fingerprint density at radius 2 is 2.06 bits per heavy atom. The van der Waals surface area contributed by atoms with Crippen molar-refractivity contribution in [1.82, 2.24) is 0 Å². The van der Waals surface area contributed by atoms with Crippen LogP contribution in [0.15, 0.2) is 29.2 Å². The van der Waals surface area contributed by atoms with Gasteiger partial charge in [-0.2, -0.15) is 0 Å². The highest BCUT2D eigenvalue weighted by molar-refractivity contribution is 7.99. The SMILES string of the molecule is CC(=O)CCCCSc1ccccc1[N+](=O)[O-]. The van der Waals surface area contributed by atoms with Gasteiger partial charge in [0.2, 0.25) is 0 Å². The summed E-state index contributed by atoms with van der Waals surface area (Å²) in [5, 5.41) is 10.7. The van der Waals surface area contributed by atoms with Crippen LogP contribution in [-0.4, -0.2) is 16.5 Å². The van der Waals surface area contributed by atoms with Crippen molar-refractivity contribution >= 4 is 23.2 Å². The van der Waals surface area contributed by atoms with Crippen LogP contribution in [0.4, 0.5) is 5.69 Å². The Bertz CT molecular complexity index is 406. The van der Waals surface area contributed by atoms with E-state index in [9.17, 15) is 14.9 Å². The summed E-state index contributed by atoms with van der Waals surface area (Å²) in [7, 11) is 0. The molecule has 0 bridgehead atoms. The Morgan fingerprint density at radius 3 is 2.71 bits per heavy atom. The molecule has 0 spiro atoms. The largest absolute Gasteiger partial charge is 0.300 e. The summed E-state index contributed by atoms with van der Waals surface area (Å²) < 4.78 is 0. The molecular weight excluding hydrogens is 238 g/mol. The molecule has 0 atom stereocenters. The van der Waals surface area contributed by atoms with Crippen molar-refractivity contribution in [2.24, 2.45) is 0 Å². The monoisotopic (exact) mass is 253 g/mol. The predicted octanol–water partition coefficient (Wildman–Crippen LogP) is 3.45. The highest BCUT2D eigenvalue weighted by Crippen LogP contribution is 2.29. The van der Waals surface area contributed by atoms with Gasteiger partial charge in [-0.15, -0.1) is 11.8 Å². The van der Waals surface area contributed by atoms with Crippen molar-refractivity contribution < 1.29 is 9.72 Å². The average Bonchev–Trinajstić information content (AvgIpc) is 2.28. The zero-order valence-corrected chi connectivity index (χ0v) is 10.5. The van der Waals surface area contributed by atoms with Crippen LogP contribution in [0.25, 0.3) is 0 Å². The van der Waals surface area contributed by atoms with E-state index in [2.05, 4.69) is 0 Å². The summed E-state index contributed by atoms with van der Waals surface area (Å²) in [4.78, 5) is 21.8. The van der Waals surface area contributed by atoms with E-state index in [1.54, 1.807) is 25.1 Å². The van der Waals surface area contributed by atoms with E-state index in [1.165, 1.54) is 17.8 Å². The van der Waals surface area contributed by atoms with E-state index in [0.29, 0.717) is 11.3 Å². The van der Waals surface area contributed by atoms with Gasteiger partial charge in [-0.05, 0) is 31.6 Å². The number of nitrogens with zero attached hydrogens (tertiary/aromatic N) is 1. The maximum Gasteiger partial charge on any atom is 0.282 e. The number of ketones is 1. The second-order valence-corrected chi connectivity index (χ2v) is 4.87. The van der Waals surface area contributed by atoms with Gasteiger partial charge < -0.3 is 4.79 Å². The van der Waals surface area contributed by atoms with Crippen molar-refractivity contribution in [2.45, 2.75) is 31.1 Å². The zero-order chi connectivity index (χ0) is 12.7. The summed E-state index contributed by atoms with van der Waals surface area (Å²) in [6.45, 7) is 1.58. The molecule has 0 N–H and O–H groups in total. The van der Waals surface area contributed by atoms with Gasteiger partial charge in [-0.3, -0.25) is 10.1 Å². The Kier molecular flexibility index (Phi) is 5.69. The van der Waals surface area contributed by atoms with E-state index in [-0.39, 0.29) is 16.4 Å². The molecule has 0 heterocycles. The Morgan fingerprint density at radius 1 is 1.35 bits per heavy atom. The number of rotatable bonds is 7. The molecule has 0 aromatic heterocycles. The van der Waals surface area contributed by atoms with Crippen LogP contribution in [0, 0.1) is 10.1 Å². The normalized spacial score (nSPS) is 10.2. The van der Waals surface area contributed by atoms with E-state index >= 15 is 0 Å². The van der Waals surface area contributed by atoms with E-state index < -0.39 is 0 Å². The zero-order valence-electron chi connectivity index (χ0n) is 9.72. The third-order valence-corrected chi connectivity index (χ3v) is 3.39. The van der Waals surface area contributed by atoms with Crippen LogP contribution in [-0.2, 0) is 4.79 Å². The fourth-order valence-corrected chi connectivity index (χ4v) is 2.42. The standard InChI is InChI=1S/C12H15NO3S/c1-10(14)6-4-5-9-17-12-8-3-2-7-11(12)13(15)16/h2-3,7-8H,4-6,9H2,1H3. The van der Waals surface area contributed by atoms with Crippen molar-refractivity contribution in [3.63, 3.8) is 0 Å². The van der Waals surface area contributed by atoms with Crippen molar-refractivity contribution in [2.75, 3.05) is 5.75 Å². The quantitative estimate of drug-likeness (QED) is 0.323. The molecule has 1 aromatic carbocycles. The first-order valence-electron chi connectivity index (χ1n) is 5.47. The van der Waals surface area contributed by atoms with Crippen LogP contribution in [0.1, 0.15) is 26.2 Å². The molecule has 0 aliphatic carbocycles. The molecule has 1 rings (SSSR count). The van der Waals surface area contributed by atoms with E-state index in [1.807, 2.05) is 0 Å². The van der Waals surface area contributed by atoms with Gasteiger partial charge >= 0.3 is 0 Å². The first-order chi connectivity index (χ1) is 8.11. The lowest BCUT2D eigenvalue weighted by Gasteiger charge is -2.02. The molecule has 0 aliphatic rings. The van der Waals surface area contributed by atoms with Crippen LogP contribution in [0.2, 0.25) is 0 Å². The fraction of sp³-hybridized carbons (Fsp3) is 0.417. The molecule has 0 aliphatic heterocycles. The molecule has 5 heteroatoms. The molecule has 4 nitrogen and oxygen atoms in total. The molecule has 0 amide bonds. The van der Waals surface area contributed by atoms with Crippen molar-refractivity contribution in [3.8, 4) is 0 Å². The first-order valence-corrected chi connectivity index (χ1v) is 6.45. The van der Waals surface area contributed by atoms with Crippen LogP contribution >= 0.6 is 11.8 Å². The number of Topliss-reactive ketones (excluding diaryl/α,β-unsaturated/α-hetero) is 1. The number of thioether (sulfide) groups is 1. The molecule has 0 radical (unpaired) electrons. The Labute approximate surface area is 105 Å². The maximum absolute atomic E-state index is 10.7. The summed E-state index contributed by atoms with van der Waals surface area (Å²) in [5.41, 5.74) is 0.157. The molecule has 17 heavy (non-hydrogen) atoms. The lowest BCUT2D eigenvalue weighted by Crippen LogP contribution is -1.92. The highest BCUT2D eigenvalue weighted by atomic mass is 32.2. The minimum atomic E-state index is -0.363. The summed E-state index contributed by atoms with van der Waals surface area (Å²) in [6.07, 6.45) is 2.34. The first kappa shape index (κ1) is 13.7. The summed E-state index contributed by atoms with van der Waals surface area (Å²) >= 11 is 1.47. The predicted molar refractivity (Wildman–Crippen MR) is 68.4 cm³/mol. The number of unbranched alkanes of at least 4 members (excludes halogenated alkanes) is 1. The second-order valence-electron chi connectivity index (χ2n) is 3.73. The van der Waals surface area contributed by atoms with Crippen LogP contribution in [0.3, 0.4) is 0 Å². The van der Waals surface area contributed by atoms with Gasteiger partial charge in [0.25, 0.3) is 5.69 Å². The summed E-state index contributed by atoms with van der Waals surface area (Å²) in [6, 6.07) is 6.73. The molecular formula is C12H15NO3S. The Hall–Kier alpha value is -1.36. The number of nitro groups is 1. The second kappa shape index (κ2) is 7.06. The molecule has 1 aromatic rings. The van der Waals surface area contributed by atoms with Gasteiger partial charge in [-0.1, -0.05) is 12.1 Å². The third kappa shape index (κ3) is 4.99.